The maximum absolute atomic E-state index is 11.2. The summed E-state index contributed by atoms with van der Waals surface area (Å²) in [5.74, 6) is 1.19. The summed E-state index contributed by atoms with van der Waals surface area (Å²) >= 11 is 0. The molecule has 3 rings (SSSR count). The second-order valence-corrected chi connectivity index (χ2v) is 5.97. The van der Waals surface area contributed by atoms with Crippen molar-refractivity contribution in [3.63, 3.8) is 0 Å². The number of rotatable bonds is 5. The number of carbonyl (C=O) groups excluding carboxylic acids is 1. The molecule has 0 bridgehead atoms. The van der Waals surface area contributed by atoms with Gasteiger partial charge in [0.1, 0.15) is 5.82 Å². The number of hydrogen-bond donors (Lipinski definition) is 2. The van der Waals surface area contributed by atoms with E-state index < -0.39 is 0 Å². The van der Waals surface area contributed by atoms with Crippen LogP contribution >= 0.6 is 0 Å². The van der Waals surface area contributed by atoms with E-state index in [4.69, 9.17) is 0 Å². The Hall–Kier alpha value is -3.41. The van der Waals surface area contributed by atoms with Crippen LogP contribution in [0.15, 0.2) is 60.7 Å². The van der Waals surface area contributed by atoms with E-state index in [0.717, 1.165) is 28.6 Å². The fraction of sp³-hybridized carbons (Fsp3) is 0.150. The number of nitrogens with zero attached hydrogens (tertiary/aromatic N) is 3. The van der Waals surface area contributed by atoms with E-state index >= 15 is 0 Å². The maximum atomic E-state index is 11.2. The molecule has 0 aliphatic heterocycles. The minimum Gasteiger partial charge on any atom is -0.329 e. The SMILES string of the molecule is CC(=O)Nc1cccc(Nc2nc(C)cc(N(C)c3ccccc3)n2)c1. The van der Waals surface area contributed by atoms with E-state index in [9.17, 15) is 4.79 Å². The third kappa shape index (κ3) is 4.36. The molecule has 0 unspecified atom stereocenters. The monoisotopic (exact) mass is 347 g/mol. The smallest absolute Gasteiger partial charge is 0.229 e. The zero-order valence-electron chi connectivity index (χ0n) is 15.0. The molecule has 6 nitrogen and oxygen atoms in total. The van der Waals surface area contributed by atoms with Crippen LogP contribution in [0.3, 0.4) is 0 Å². The normalized spacial score (nSPS) is 10.3. The molecule has 1 heterocycles. The van der Waals surface area contributed by atoms with Crippen molar-refractivity contribution in [3.8, 4) is 0 Å². The van der Waals surface area contributed by atoms with Gasteiger partial charge < -0.3 is 15.5 Å². The fourth-order valence-electron chi connectivity index (χ4n) is 2.57. The number of para-hydroxylation sites is 1. The highest BCUT2D eigenvalue weighted by atomic mass is 16.1. The van der Waals surface area contributed by atoms with Gasteiger partial charge in [0.15, 0.2) is 0 Å². The highest BCUT2D eigenvalue weighted by molar-refractivity contribution is 5.89. The molecular weight excluding hydrogens is 326 g/mol. The lowest BCUT2D eigenvalue weighted by atomic mass is 10.2. The summed E-state index contributed by atoms with van der Waals surface area (Å²) in [6.07, 6.45) is 0. The van der Waals surface area contributed by atoms with Crippen LogP contribution in [-0.4, -0.2) is 22.9 Å². The van der Waals surface area contributed by atoms with Gasteiger partial charge in [-0.2, -0.15) is 4.98 Å². The third-order valence-electron chi connectivity index (χ3n) is 3.77. The van der Waals surface area contributed by atoms with Gasteiger partial charge in [-0.15, -0.1) is 0 Å². The first-order chi connectivity index (χ1) is 12.5. The summed E-state index contributed by atoms with van der Waals surface area (Å²) in [6.45, 7) is 3.42. The van der Waals surface area contributed by atoms with Crippen LogP contribution in [-0.2, 0) is 4.79 Å². The molecule has 0 aliphatic rings. The Morgan fingerprint density at radius 1 is 0.962 bits per heavy atom. The van der Waals surface area contributed by atoms with E-state index in [1.165, 1.54) is 6.92 Å². The van der Waals surface area contributed by atoms with E-state index in [2.05, 4.69) is 20.6 Å². The van der Waals surface area contributed by atoms with Gasteiger partial charge in [-0.05, 0) is 37.3 Å². The summed E-state index contributed by atoms with van der Waals surface area (Å²) in [5, 5.41) is 5.97. The molecule has 0 saturated heterocycles. The Kier molecular flexibility index (Phi) is 5.12. The molecule has 0 saturated carbocycles. The second kappa shape index (κ2) is 7.65. The average molecular weight is 347 g/mol. The first-order valence-electron chi connectivity index (χ1n) is 8.30. The summed E-state index contributed by atoms with van der Waals surface area (Å²) in [6, 6.07) is 19.4. The van der Waals surface area contributed by atoms with Crippen LogP contribution in [0.4, 0.5) is 28.8 Å². The second-order valence-electron chi connectivity index (χ2n) is 5.97. The number of amides is 1. The predicted molar refractivity (Wildman–Crippen MR) is 105 cm³/mol. The molecule has 132 valence electrons. The Morgan fingerprint density at radius 3 is 2.42 bits per heavy atom. The zero-order chi connectivity index (χ0) is 18.5. The zero-order valence-corrected chi connectivity index (χ0v) is 15.0. The van der Waals surface area contributed by atoms with Gasteiger partial charge in [-0.3, -0.25) is 4.79 Å². The van der Waals surface area contributed by atoms with Gasteiger partial charge in [0.05, 0.1) is 0 Å². The standard InChI is InChI=1S/C20H21N5O/c1-14-12-19(25(3)18-10-5-4-6-11-18)24-20(21-14)23-17-9-7-8-16(13-17)22-15(2)26/h4-13H,1-3H3,(H,22,26)(H,21,23,24). The molecule has 0 fully saturated rings. The molecule has 1 amide bonds. The minimum atomic E-state index is -0.110. The van der Waals surface area contributed by atoms with Gasteiger partial charge in [0.2, 0.25) is 11.9 Å². The van der Waals surface area contributed by atoms with Gasteiger partial charge in [-0.25, -0.2) is 4.98 Å². The maximum Gasteiger partial charge on any atom is 0.229 e. The first-order valence-corrected chi connectivity index (χ1v) is 8.30. The fourth-order valence-corrected chi connectivity index (χ4v) is 2.57. The lowest BCUT2D eigenvalue weighted by Crippen LogP contribution is -2.13. The molecule has 0 spiro atoms. The van der Waals surface area contributed by atoms with E-state index in [-0.39, 0.29) is 5.91 Å². The van der Waals surface area contributed by atoms with Gasteiger partial charge in [0, 0.05) is 42.8 Å². The minimum absolute atomic E-state index is 0.110. The summed E-state index contributed by atoms with van der Waals surface area (Å²) in [4.78, 5) is 22.3. The van der Waals surface area contributed by atoms with Crippen molar-refractivity contribution in [2.45, 2.75) is 13.8 Å². The molecule has 2 N–H and O–H groups in total. The van der Waals surface area contributed by atoms with Crippen LogP contribution in [0.2, 0.25) is 0 Å². The van der Waals surface area contributed by atoms with Crippen molar-refractivity contribution >= 4 is 34.7 Å². The highest BCUT2D eigenvalue weighted by Gasteiger charge is 2.09. The van der Waals surface area contributed by atoms with E-state index in [1.807, 2.05) is 79.5 Å². The average Bonchev–Trinajstić information content (AvgIpc) is 2.61. The summed E-state index contributed by atoms with van der Waals surface area (Å²) in [5.41, 5.74) is 3.43. The molecular formula is C20H21N5O. The number of anilines is 5. The number of aromatic nitrogens is 2. The Morgan fingerprint density at radius 2 is 1.69 bits per heavy atom. The van der Waals surface area contributed by atoms with Gasteiger partial charge in [0.25, 0.3) is 0 Å². The van der Waals surface area contributed by atoms with Crippen LogP contribution in [0.5, 0.6) is 0 Å². The van der Waals surface area contributed by atoms with Crippen LogP contribution in [0.25, 0.3) is 0 Å². The lowest BCUT2D eigenvalue weighted by molar-refractivity contribution is -0.114. The molecule has 3 aromatic rings. The Labute approximate surface area is 152 Å². The van der Waals surface area contributed by atoms with Crippen LogP contribution < -0.4 is 15.5 Å². The van der Waals surface area contributed by atoms with Crippen molar-refractivity contribution in [1.29, 1.82) is 0 Å². The quantitative estimate of drug-likeness (QED) is 0.722. The predicted octanol–water partition coefficient (Wildman–Crippen LogP) is 4.25. The van der Waals surface area contributed by atoms with Crippen molar-refractivity contribution in [2.75, 3.05) is 22.6 Å². The Balaban J connectivity index is 1.85. The molecule has 0 aliphatic carbocycles. The molecule has 26 heavy (non-hydrogen) atoms. The van der Waals surface area contributed by atoms with E-state index in [0.29, 0.717) is 5.95 Å². The molecule has 0 atom stereocenters. The third-order valence-corrected chi connectivity index (χ3v) is 3.77. The Bertz CT molecular complexity index is 911. The van der Waals surface area contributed by atoms with Crippen molar-refractivity contribution in [3.05, 3.63) is 66.4 Å². The van der Waals surface area contributed by atoms with Gasteiger partial charge in [-0.1, -0.05) is 24.3 Å². The largest absolute Gasteiger partial charge is 0.329 e. The topological polar surface area (TPSA) is 70.2 Å². The molecule has 1 aromatic heterocycles. The molecule has 0 radical (unpaired) electrons. The van der Waals surface area contributed by atoms with Crippen LogP contribution in [0, 0.1) is 6.92 Å². The van der Waals surface area contributed by atoms with Crippen molar-refractivity contribution in [2.24, 2.45) is 0 Å². The highest BCUT2D eigenvalue weighted by Crippen LogP contribution is 2.24. The number of benzene rings is 2. The molecule has 6 heteroatoms. The van der Waals surface area contributed by atoms with E-state index in [1.54, 1.807) is 0 Å². The number of carbonyl (C=O) groups is 1. The number of hydrogen-bond acceptors (Lipinski definition) is 5. The number of nitrogens with one attached hydrogen (secondary N) is 2. The molecule has 2 aromatic carbocycles. The van der Waals surface area contributed by atoms with Gasteiger partial charge >= 0.3 is 0 Å². The van der Waals surface area contributed by atoms with Crippen molar-refractivity contribution < 1.29 is 4.79 Å². The first kappa shape index (κ1) is 17.4. The lowest BCUT2D eigenvalue weighted by Gasteiger charge is -2.19. The van der Waals surface area contributed by atoms with Crippen molar-refractivity contribution in [1.82, 2.24) is 9.97 Å². The van der Waals surface area contributed by atoms with Crippen LogP contribution in [0.1, 0.15) is 12.6 Å². The number of aryl methyl sites for hydroxylation is 1. The summed E-state index contributed by atoms with van der Waals surface area (Å²) in [7, 11) is 1.97. The summed E-state index contributed by atoms with van der Waals surface area (Å²) < 4.78 is 0.